The van der Waals surface area contributed by atoms with Crippen molar-refractivity contribution in [3.05, 3.63) is 75.1 Å². The van der Waals surface area contributed by atoms with E-state index in [-0.39, 0.29) is 5.91 Å². The van der Waals surface area contributed by atoms with E-state index < -0.39 is 5.54 Å². The van der Waals surface area contributed by atoms with E-state index in [0.29, 0.717) is 15.6 Å². The van der Waals surface area contributed by atoms with E-state index in [1.54, 1.807) is 13.2 Å². The summed E-state index contributed by atoms with van der Waals surface area (Å²) in [7, 11) is 1.64. The Bertz CT molecular complexity index is 1020. The number of ether oxygens (including phenoxy) is 1. The molecule has 0 radical (unpaired) electrons. The largest absolute Gasteiger partial charge is 0.496 e. The highest BCUT2D eigenvalue weighted by Gasteiger charge is 2.38. The van der Waals surface area contributed by atoms with Gasteiger partial charge < -0.3 is 10.1 Å². The molecule has 4 rings (SSSR count). The molecule has 29 heavy (non-hydrogen) atoms. The summed E-state index contributed by atoms with van der Waals surface area (Å²) in [5, 5.41) is 6.42. The van der Waals surface area contributed by atoms with Crippen LogP contribution in [0.4, 0.5) is 0 Å². The van der Waals surface area contributed by atoms with Crippen LogP contribution in [0, 0.1) is 0 Å². The Labute approximate surface area is 184 Å². The highest BCUT2D eigenvalue weighted by Crippen LogP contribution is 2.42. The molecule has 0 spiro atoms. The highest BCUT2D eigenvalue weighted by atomic mass is 35.5. The number of thiophene rings is 1. The van der Waals surface area contributed by atoms with Crippen LogP contribution in [0.25, 0.3) is 10.4 Å². The Hall–Kier alpha value is -2.01. The topological polar surface area (TPSA) is 38.3 Å². The second-order valence-electron chi connectivity index (χ2n) is 7.27. The fourth-order valence-corrected chi connectivity index (χ4v) is 5.56. The first-order valence-corrected chi connectivity index (χ1v) is 11.2. The number of carbonyl (C=O) groups excluding carboxylic acids is 1. The van der Waals surface area contributed by atoms with Crippen molar-refractivity contribution >= 4 is 40.4 Å². The Kier molecular flexibility index (Phi) is 5.86. The highest BCUT2D eigenvalue weighted by molar-refractivity contribution is 7.14. The summed E-state index contributed by atoms with van der Waals surface area (Å²) in [4.78, 5) is 14.3. The van der Waals surface area contributed by atoms with E-state index in [2.05, 4.69) is 5.32 Å². The molecule has 1 aliphatic carbocycles. The molecule has 0 unspecified atom stereocenters. The maximum absolute atomic E-state index is 13.4. The van der Waals surface area contributed by atoms with Gasteiger partial charge in [-0.15, -0.1) is 11.3 Å². The smallest absolute Gasteiger partial charge is 0.253 e. The van der Waals surface area contributed by atoms with Gasteiger partial charge in [-0.25, -0.2) is 0 Å². The fourth-order valence-electron chi connectivity index (χ4n) is 4.11. The van der Waals surface area contributed by atoms with Gasteiger partial charge in [-0.05, 0) is 60.2 Å². The van der Waals surface area contributed by atoms with Gasteiger partial charge in [0.2, 0.25) is 0 Å². The average Bonchev–Trinajstić information content (AvgIpc) is 3.37. The van der Waals surface area contributed by atoms with Crippen molar-refractivity contribution in [3.8, 4) is 16.2 Å². The van der Waals surface area contributed by atoms with E-state index in [9.17, 15) is 4.79 Å². The van der Waals surface area contributed by atoms with Crippen LogP contribution < -0.4 is 10.1 Å². The molecule has 0 bridgehead atoms. The van der Waals surface area contributed by atoms with Gasteiger partial charge >= 0.3 is 0 Å². The van der Waals surface area contributed by atoms with Crippen molar-refractivity contribution in [1.29, 1.82) is 0 Å². The van der Waals surface area contributed by atoms with Crippen LogP contribution in [-0.4, -0.2) is 13.0 Å². The number of rotatable bonds is 5. The predicted molar refractivity (Wildman–Crippen MR) is 120 cm³/mol. The van der Waals surface area contributed by atoms with Crippen molar-refractivity contribution in [2.45, 2.75) is 31.2 Å². The number of carbonyl (C=O) groups is 1. The van der Waals surface area contributed by atoms with Gasteiger partial charge in [-0.2, -0.15) is 0 Å². The van der Waals surface area contributed by atoms with E-state index >= 15 is 0 Å². The molecular formula is C23H21Cl2NO2S. The maximum atomic E-state index is 13.4. The number of benzene rings is 2. The fraction of sp³-hybridized carbons (Fsp3) is 0.261. The lowest BCUT2D eigenvalue weighted by Crippen LogP contribution is -2.43. The van der Waals surface area contributed by atoms with Crippen LogP contribution >= 0.6 is 34.5 Å². The van der Waals surface area contributed by atoms with Gasteiger partial charge in [0, 0.05) is 15.6 Å². The van der Waals surface area contributed by atoms with Crippen LogP contribution in [0.15, 0.2) is 53.9 Å². The Balaban J connectivity index is 1.70. The third kappa shape index (κ3) is 4.02. The normalized spacial score (nSPS) is 15.3. The molecule has 1 heterocycles. The first-order valence-electron chi connectivity index (χ1n) is 9.52. The monoisotopic (exact) mass is 445 g/mol. The molecular weight excluding hydrogens is 425 g/mol. The molecule has 1 amide bonds. The van der Waals surface area contributed by atoms with Gasteiger partial charge in [0.25, 0.3) is 5.91 Å². The van der Waals surface area contributed by atoms with E-state index in [4.69, 9.17) is 27.9 Å². The first-order chi connectivity index (χ1) is 14.0. The number of hydrogen-bond acceptors (Lipinski definition) is 3. The first kappa shape index (κ1) is 20.3. The Morgan fingerprint density at radius 3 is 2.45 bits per heavy atom. The second-order valence-corrected chi connectivity index (χ2v) is 9.05. The lowest BCUT2D eigenvalue weighted by molar-refractivity contribution is 0.0899. The molecule has 0 atom stereocenters. The minimum absolute atomic E-state index is 0.0924. The van der Waals surface area contributed by atoms with Crippen molar-refractivity contribution in [3.63, 3.8) is 0 Å². The van der Waals surface area contributed by atoms with Crippen molar-refractivity contribution in [2.24, 2.45) is 0 Å². The Morgan fingerprint density at radius 2 is 1.76 bits per heavy atom. The summed E-state index contributed by atoms with van der Waals surface area (Å²) >= 11 is 14.0. The van der Waals surface area contributed by atoms with E-state index in [1.165, 1.54) is 11.3 Å². The predicted octanol–water partition coefficient (Wildman–Crippen LogP) is 6.93. The van der Waals surface area contributed by atoms with E-state index in [0.717, 1.165) is 47.4 Å². The van der Waals surface area contributed by atoms with E-state index in [1.807, 2.05) is 47.8 Å². The minimum Gasteiger partial charge on any atom is -0.496 e. The van der Waals surface area contributed by atoms with Crippen LogP contribution in [0.5, 0.6) is 5.75 Å². The molecule has 1 aliphatic rings. The van der Waals surface area contributed by atoms with Gasteiger partial charge in [-0.1, -0.05) is 48.2 Å². The summed E-state index contributed by atoms with van der Waals surface area (Å²) in [6.07, 6.45) is 3.83. The van der Waals surface area contributed by atoms with Crippen LogP contribution in [0.2, 0.25) is 10.0 Å². The third-order valence-electron chi connectivity index (χ3n) is 5.49. The summed E-state index contributed by atoms with van der Waals surface area (Å²) in [5.74, 6) is 0.659. The lowest BCUT2D eigenvalue weighted by Gasteiger charge is -2.31. The summed E-state index contributed by atoms with van der Waals surface area (Å²) in [5.41, 5.74) is 2.08. The zero-order chi connectivity index (χ0) is 20.4. The van der Waals surface area contributed by atoms with Crippen LogP contribution in [0.1, 0.15) is 41.6 Å². The summed E-state index contributed by atoms with van der Waals surface area (Å²) in [6.45, 7) is 0. The molecule has 1 fully saturated rings. The lowest BCUT2D eigenvalue weighted by atomic mass is 9.87. The molecule has 0 aliphatic heterocycles. The summed E-state index contributed by atoms with van der Waals surface area (Å²) < 4.78 is 5.50. The molecule has 0 saturated heterocycles. The quantitative estimate of drug-likeness (QED) is 0.462. The van der Waals surface area contributed by atoms with Crippen molar-refractivity contribution in [1.82, 2.24) is 5.32 Å². The number of hydrogen-bond donors (Lipinski definition) is 1. The number of para-hydroxylation sites is 1. The number of halogens is 2. The zero-order valence-corrected chi connectivity index (χ0v) is 18.3. The molecule has 3 nitrogen and oxygen atoms in total. The van der Waals surface area contributed by atoms with Crippen LogP contribution in [-0.2, 0) is 5.54 Å². The van der Waals surface area contributed by atoms with Crippen LogP contribution in [0.3, 0.4) is 0 Å². The third-order valence-corrected chi connectivity index (χ3v) is 6.87. The van der Waals surface area contributed by atoms with Gasteiger partial charge in [0.1, 0.15) is 5.75 Å². The molecule has 1 saturated carbocycles. The molecule has 150 valence electrons. The number of methoxy groups -OCH3 is 1. The average molecular weight is 446 g/mol. The van der Waals surface area contributed by atoms with Crippen molar-refractivity contribution in [2.75, 3.05) is 7.11 Å². The van der Waals surface area contributed by atoms with Crippen molar-refractivity contribution < 1.29 is 9.53 Å². The number of amides is 1. The second kappa shape index (κ2) is 8.39. The molecule has 3 aromatic rings. The molecule has 1 aromatic heterocycles. The standard InChI is InChI=1S/C23H21Cl2NO2S/c1-28-20-7-3-2-6-18(20)21-19(8-11-29-21)22(27)26-23(9-4-5-10-23)15-12-16(24)14-17(25)13-15/h2-3,6-8,11-14H,4-5,9-10H2,1H3,(H,26,27). The molecule has 2 aromatic carbocycles. The molecule has 1 N–H and O–H groups in total. The zero-order valence-electron chi connectivity index (χ0n) is 16.0. The number of nitrogens with one attached hydrogen (secondary N) is 1. The minimum atomic E-state index is -0.453. The summed E-state index contributed by atoms with van der Waals surface area (Å²) in [6, 6.07) is 15.2. The Morgan fingerprint density at radius 1 is 1.07 bits per heavy atom. The maximum Gasteiger partial charge on any atom is 0.253 e. The SMILES string of the molecule is COc1ccccc1-c1sccc1C(=O)NC1(c2cc(Cl)cc(Cl)c2)CCCC1. The van der Waals surface area contributed by atoms with Gasteiger partial charge in [0.15, 0.2) is 0 Å². The van der Waals surface area contributed by atoms with Gasteiger partial charge in [-0.3, -0.25) is 4.79 Å². The van der Waals surface area contributed by atoms with Gasteiger partial charge in [0.05, 0.1) is 23.1 Å². The molecule has 6 heteroatoms.